The first kappa shape index (κ1) is 16.0. The van der Waals surface area contributed by atoms with Crippen LogP contribution in [0.5, 0.6) is 0 Å². The van der Waals surface area contributed by atoms with Crippen LogP contribution in [0.25, 0.3) is 0 Å². The van der Waals surface area contributed by atoms with Gasteiger partial charge in [-0.3, -0.25) is 8.98 Å². The molecule has 1 aromatic rings. The second-order valence-electron chi connectivity index (χ2n) is 4.13. The molecule has 0 spiro atoms. The smallest absolute Gasteiger partial charge is 0.264 e. The molecule has 0 fully saturated rings. The van der Waals surface area contributed by atoms with Gasteiger partial charge in [-0.25, -0.2) is 0 Å². The molecule has 5 nitrogen and oxygen atoms in total. The highest BCUT2D eigenvalue weighted by Gasteiger charge is 2.18. The molecule has 0 radical (unpaired) electrons. The molecule has 0 aliphatic carbocycles. The molecule has 0 aromatic heterocycles. The third-order valence-electron chi connectivity index (χ3n) is 2.21. The van der Waals surface area contributed by atoms with Crippen LogP contribution in [-0.2, 0) is 14.3 Å². The van der Waals surface area contributed by atoms with Crippen LogP contribution in [0.4, 0.5) is 0 Å². The van der Waals surface area contributed by atoms with Gasteiger partial charge in [0.15, 0.2) is 0 Å². The van der Waals surface area contributed by atoms with Crippen molar-refractivity contribution in [3.63, 3.8) is 0 Å². The number of rotatable bonds is 6. The Morgan fingerprint density at radius 2 is 1.89 bits per heavy atom. The molecule has 0 aliphatic rings. The molecule has 104 valence electrons. The van der Waals surface area contributed by atoms with Crippen molar-refractivity contribution in [1.29, 1.82) is 5.41 Å². The van der Waals surface area contributed by atoms with E-state index in [1.807, 2.05) is 0 Å². The van der Waals surface area contributed by atoms with E-state index in [1.165, 1.54) is 6.92 Å². The van der Waals surface area contributed by atoms with Crippen molar-refractivity contribution >= 4 is 37.5 Å². The van der Waals surface area contributed by atoms with Crippen molar-refractivity contribution < 1.29 is 17.4 Å². The maximum Gasteiger partial charge on any atom is 0.264 e. The molecular formula is C12H14BrNO4S. The van der Waals surface area contributed by atoms with E-state index in [0.717, 1.165) is 10.7 Å². The van der Waals surface area contributed by atoms with Gasteiger partial charge in [-0.1, -0.05) is 15.9 Å². The largest absolute Gasteiger partial charge is 0.301 e. The van der Waals surface area contributed by atoms with Gasteiger partial charge in [0.2, 0.25) is 5.78 Å². The molecule has 0 heterocycles. The molecule has 0 saturated carbocycles. The van der Waals surface area contributed by atoms with Crippen molar-refractivity contribution in [2.75, 3.05) is 6.26 Å². The standard InChI is InChI=1S/C12H14BrNO4S/c1-8(18-19(2,16)17)7-11(14)12(15)9-3-5-10(13)6-4-9/h3-6,8,14H,7H2,1-2H3/t8-/m1/s1. The minimum Gasteiger partial charge on any atom is -0.301 e. The van der Waals surface area contributed by atoms with Gasteiger partial charge in [-0.15, -0.1) is 0 Å². The van der Waals surface area contributed by atoms with E-state index in [9.17, 15) is 13.2 Å². The summed E-state index contributed by atoms with van der Waals surface area (Å²) in [5, 5.41) is 7.69. The van der Waals surface area contributed by atoms with Crippen molar-refractivity contribution in [2.45, 2.75) is 19.4 Å². The van der Waals surface area contributed by atoms with E-state index >= 15 is 0 Å². The van der Waals surface area contributed by atoms with E-state index in [-0.39, 0.29) is 12.1 Å². The molecule has 0 unspecified atom stereocenters. The Bertz CT molecular complexity index is 580. The normalized spacial score (nSPS) is 13.0. The van der Waals surface area contributed by atoms with Crippen LogP contribution in [0.2, 0.25) is 0 Å². The van der Waals surface area contributed by atoms with Crippen LogP contribution in [0.3, 0.4) is 0 Å². The van der Waals surface area contributed by atoms with Crippen molar-refractivity contribution in [3.8, 4) is 0 Å². The van der Waals surface area contributed by atoms with Gasteiger partial charge in [-0.05, 0) is 31.2 Å². The minimum absolute atomic E-state index is 0.0536. The zero-order chi connectivity index (χ0) is 14.6. The first-order valence-electron chi connectivity index (χ1n) is 5.45. The Labute approximate surface area is 120 Å². The number of hydrogen-bond donors (Lipinski definition) is 1. The Balaban J connectivity index is 2.68. The van der Waals surface area contributed by atoms with Crippen molar-refractivity contribution in [3.05, 3.63) is 34.3 Å². The Morgan fingerprint density at radius 3 is 2.37 bits per heavy atom. The summed E-state index contributed by atoms with van der Waals surface area (Å²) in [7, 11) is -3.58. The van der Waals surface area contributed by atoms with E-state index in [1.54, 1.807) is 24.3 Å². The number of carbonyl (C=O) groups is 1. The van der Waals surface area contributed by atoms with Crippen LogP contribution in [0, 0.1) is 5.41 Å². The molecule has 1 rings (SSSR count). The number of Topliss-reactive ketones (excluding diaryl/α,β-unsaturated/α-hetero) is 1. The molecule has 19 heavy (non-hydrogen) atoms. The van der Waals surface area contributed by atoms with E-state index < -0.39 is 22.0 Å². The lowest BCUT2D eigenvalue weighted by atomic mass is 10.0. The molecule has 1 aromatic carbocycles. The van der Waals surface area contributed by atoms with Crippen LogP contribution in [0.1, 0.15) is 23.7 Å². The summed E-state index contributed by atoms with van der Waals surface area (Å²) in [6.07, 6.45) is 0.146. The number of halogens is 1. The number of carbonyl (C=O) groups excluding carboxylic acids is 1. The first-order valence-corrected chi connectivity index (χ1v) is 8.06. The van der Waals surface area contributed by atoms with Gasteiger partial charge in [0.1, 0.15) is 0 Å². The van der Waals surface area contributed by atoms with Gasteiger partial charge in [0.25, 0.3) is 10.1 Å². The van der Waals surface area contributed by atoms with Gasteiger partial charge in [-0.2, -0.15) is 8.42 Å². The summed E-state index contributed by atoms with van der Waals surface area (Å²) in [6.45, 7) is 1.50. The lowest BCUT2D eigenvalue weighted by Gasteiger charge is -2.11. The average molecular weight is 348 g/mol. The van der Waals surface area contributed by atoms with Crippen LogP contribution in [0.15, 0.2) is 28.7 Å². The predicted molar refractivity (Wildman–Crippen MR) is 76.2 cm³/mol. The molecule has 1 N–H and O–H groups in total. The van der Waals surface area contributed by atoms with Gasteiger partial charge in [0, 0.05) is 16.5 Å². The van der Waals surface area contributed by atoms with Crippen LogP contribution in [-0.4, -0.2) is 32.3 Å². The van der Waals surface area contributed by atoms with Gasteiger partial charge in [0.05, 0.1) is 18.1 Å². The Hall–Kier alpha value is -1.05. The summed E-state index contributed by atoms with van der Waals surface area (Å²) >= 11 is 3.25. The van der Waals surface area contributed by atoms with Gasteiger partial charge < -0.3 is 5.41 Å². The summed E-state index contributed by atoms with van der Waals surface area (Å²) < 4.78 is 27.4. The van der Waals surface area contributed by atoms with Gasteiger partial charge >= 0.3 is 0 Å². The molecule has 0 bridgehead atoms. The first-order chi connectivity index (χ1) is 8.69. The highest BCUT2D eigenvalue weighted by Crippen LogP contribution is 2.13. The molecule has 1 atom stereocenters. The summed E-state index contributed by atoms with van der Waals surface area (Å²) in [6, 6.07) is 6.61. The highest BCUT2D eigenvalue weighted by molar-refractivity contribution is 9.10. The van der Waals surface area contributed by atoms with Crippen LogP contribution < -0.4 is 0 Å². The van der Waals surface area contributed by atoms with E-state index in [0.29, 0.717) is 5.56 Å². The molecule has 0 aliphatic heterocycles. The minimum atomic E-state index is -3.58. The average Bonchev–Trinajstić information content (AvgIpc) is 2.26. The maximum absolute atomic E-state index is 11.9. The second-order valence-corrected chi connectivity index (χ2v) is 6.65. The molecule has 7 heteroatoms. The highest BCUT2D eigenvalue weighted by atomic mass is 79.9. The number of nitrogens with one attached hydrogen (secondary N) is 1. The summed E-state index contributed by atoms with van der Waals surface area (Å²) in [5.41, 5.74) is 0.207. The van der Waals surface area contributed by atoms with Crippen molar-refractivity contribution in [2.24, 2.45) is 0 Å². The molecule has 0 amide bonds. The monoisotopic (exact) mass is 347 g/mol. The Morgan fingerprint density at radius 1 is 1.37 bits per heavy atom. The Kier molecular flexibility index (Phi) is 5.39. The topological polar surface area (TPSA) is 84.3 Å². The second kappa shape index (κ2) is 6.40. The zero-order valence-electron chi connectivity index (χ0n) is 10.5. The number of benzene rings is 1. The zero-order valence-corrected chi connectivity index (χ0v) is 12.9. The lowest BCUT2D eigenvalue weighted by Crippen LogP contribution is -2.22. The summed E-state index contributed by atoms with van der Waals surface area (Å²) in [4.78, 5) is 11.9. The fourth-order valence-corrected chi connectivity index (χ4v) is 2.42. The third-order valence-corrected chi connectivity index (χ3v) is 3.42. The quantitative estimate of drug-likeness (QED) is 0.486. The fraction of sp³-hybridized carbons (Fsp3) is 0.333. The van der Waals surface area contributed by atoms with E-state index in [2.05, 4.69) is 20.1 Å². The number of ketones is 1. The van der Waals surface area contributed by atoms with Crippen molar-refractivity contribution in [1.82, 2.24) is 0 Å². The summed E-state index contributed by atoms with van der Waals surface area (Å²) in [5.74, 6) is -0.434. The van der Waals surface area contributed by atoms with E-state index in [4.69, 9.17) is 5.41 Å². The maximum atomic E-state index is 11.9. The van der Waals surface area contributed by atoms with Crippen LogP contribution >= 0.6 is 15.9 Å². The predicted octanol–water partition coefficient (Wildman–Crippen LogP) is 2.41. The fourth-order valence-electron chi connectivity index (χ4n) is 1.49. The lowest BCUT2D eigenvalue weighted by molar-refractivity contribution is 0.105. The third kappa shape index (κ3) is 5.63. The number of hydrogen-bond acceptors (Lipinski definition) is 5. The molecule has 0 saturated heterocycles. The SMILES string of the molecule is C[C@H](CC(=N)C(=O)c1ccc(Br)cc1)OS(C)(=O)=O. The molecular weight excluding hydrogens is 334 g/mol.